The van der Waals surface area contributed by atoms with Gasteiger partial charge >= 0.3 is 0 Å². The highest BCUT2D eigenvalue weighted by Crippen LogP contribution is 2.26. The SMILES string of the molecule is CCNCc1cccc(F)c1SCCN(CC)CC. The molecule has 1 N–H and O–H groups in total. The van der Waals surface area contributed by atoms with E-state index in [0.29, 0.717) is 0 Å². The van der Waals surface area contributed by atoms with Crippen molar-refractivity contribution in [1.29, 1.82) is 0 Å². The zero-order chi connectivity index (χ0) is 14.1. The molecule has 0 heterocycles. The molecule has 1 aromatic rings. The molecule has 0 saturated heterocycles. The van der Waals surface area contributed by atoms with Crippen molar-refractivity contribution in [3.63, 3.8) is 0 Å². The fourth-order valence-electron chi connectivity index (χ4n) is 1.93. The van der Waals surface area contributed by atoms with Crippen molar-refractivity contribution in [3.05, 3.63) is 29.6 Å². The maximum Gasteiger partial charge on any atom is 0.137 e. The first-order chi connectivity index (χ1) is 9.22. The van der Waals surface area contributed by atoms with Gasteiger partial charge in [0.05, 0.1) is 0 Å². The lowest BCUT2D eigenvalue weighted by molar-refractivity contribution is 0.324. The summed E-state index contributed by atoms with van der Waals surface area (Å²) < 4.78 is 13.9. The van der Waals surface area contributed by atoms with Crippen molar-refractivity contribution in [2.75, 3.05) is 31.9 Å². The summed E-state index contributed by atoms with van der Waals surface area (Å²) >= 11 is 1.63. The van der Waals surface area contributed by atoms with Gasteiger partial charge in [-0.05, 0) is 31.3 Å². The van der Waals surface area contributed by atoms with Crippen molar-refractivity contribution >= 4 is 11.8 Å². The Kier molecular flexibility index (Phi) is 8.10. The average Bonchev–Trinajstić information content (AvgIpc) is 2.43. The first kappa shape index (κ1) is 16.5. The zero-order valence-electron chi connectivity index (χ0n) is 12.2. The molecule has 1 aromatic carbocycles. The largest absolute Gasteiger partial charge is 0.313 e. The number of benzene rings is 1. The van der Waals surface area contributed by atoms with E-state index in [1.165, 1.54) is 0 Å². The number of hydrogen-bond donors (Lipinski definition) is 1. The molecule has 0 bridgehead atoms. The number of thioether (sulfide) groups is 1. The Morgan fingerprint density at radius 1 is 1.21 bits per heavy atom. The summed E-state index contributed by atoms with van der Waals surface area (Å²) in [4.78, 5) is 3.16. The predicted molar refractivity (Wildman–Crippen MR) is 82.3 cm³/mol. The number of rotatable bonds is 9. The minimum absolute atomic E-state index is 0.0973. The van der Waals surface area contributed by atoms with Crippen LogP contribution in [0, 0.1) is 5.82 Å². The molecule has 0 saturated carbocycles. The van der Waals surface area contributed by atoms with Crippen LogP contribution in [-0.2, 0) is 6.54 Å². The molecular formula is C15H25FN2S. The second kappa shape index (κ2) is 9.34. The Morgan fingerprint density at radius 3 is 2.58 bits per heavy atom. The molecule has 0 spiro atoms. The van der Waals surface area contributed by atoms with Crippen LogP contribution in [0.3, 0.4) is 0 Å². The van der Waals surface area contributed by atoms with Gasteiger partial charge in [0.2, 0.25) is 0 Å². The van der Waals surface area contributed by atoms with Gasteiger partial charge in [0, 0.05) is 23.7 Å². The Hall–Kier alpha value is -0.580. The summed E-state index contributed by atoms with van der Waals surface area (Å²) in [6, 6.07) is 5.34. The first-order valence-corrected chi connectivity index (χ1v) is 8.04. The Balaban J connectivity index is 2.60. The van der Waals surface area contributed by atoms with Crippen LogP contribution in [0.2, 0.25) is 0 Å². The average molecular weight is 284 g/mol. The molecule has 0 aliphatic heterocycles. The summed E-state index contributed by atoms with van der Waals surface area (Å²) in [6.07, 6.45) is 0. The molecule has 0 fully saturated rings. The second-order valence-electron chi connectivity index (χ2n) is 4.38. The first-order valence-electron chi connectivity index (χ1n) is 7.06. The van der Waals surface area contributed by atoms with Crippen molar-refractivity contribution in [1.82, 2.24) is 10.2 Å². The fourth-order valence-corrected chi connectivity index (χ4v) is 3.02. The summed E-state index contributed by atoms with van der Waals surface area (Å²) in [7, 11) is 0. The number of nitrogens with zero attached hydrogens (tertiary/aromatic N) is 1. The molecule has 108 valence electrons. The molecule has 0 amide bonds. The molecule has 2 nitrogen and oxygen atoms in total. The van der Waals surface area contributed by atoms with Crippen molar-refractivity contribution in [2.45, 2.75) is 32.2 Å². The normalized spacial score (nSPS) is 11.2. The topological polar surface area (TPSA) is 15.3 Å². The van der Waals surface area contributed by atoms with Gasteiger partial charge in [0.15, 0.2) is 0 Å². The van der Waals surface area contributed by atoms with Crippen LogP contribution < -0.4 is 5.32 Å². The zero-order valence-corrected chi connectivity index (χ0v) is 13.0. The summed E-state index contributed by atoms with van der Waals surface area (Å²) in [5.41, 5.74) is 1.06. The van der Waals surface area contributed by atoms with E-state index >= 15 is 0 Å². The highest BCUT2D eigenvalue weighted by atomic mass is 32.2. The third kappa shape index (κ3) is 5.51. The van der Waals surface area contributed by atoms with E-state index in [1.54, 1.807) is 23.9 Å². The van der Waals surface area contributed by atoms with Gasteiger partial charge in [-0.25, -0.2) is 4.39 Å². The van der Waals surface area contributed by atoms with E-state index in [2.05, 4.69) is 31.0 Å². The maximum atomic E-state index is 13.9. The van der Waals surface area contributed by atoms with E-state index in [0.717, 1.165) is 48.9 Å². The quantitative estimate of drug-likeness (QED) is 0.700. The van der Waals surface area contributed by atoms with Gasteiger partial charge in [-0.1, -0.05) is 32.9 Å². The monoisotopic (exact) mass is 284 g/mol. The van der Waals surface area contributed by atoms with Gasteiger partial charge in [-0.3, -0.25) is 0 Å². The molecule has 19 heavy (non-hydrogen) atoms. The molecule has 0 aromatic heterocycles. The predicted octanol–water partition coefficient (Wildman–Crippen LogP) is 3.37. The summed E-state index contributed by atoms with van der Waals surface area (Å²) in [5, 5.41) is 3.26. The van der Waals surface area contributed by atoms with Crippen LogP contribution in [0.1, 0.15) is 26.3 Å². The Labute approximate surface area is 120 Å². The standard InChI is InChI=1S/C15H25FN2S/c1-4-17-12-13-8-7-9-14(16)15(13)19-11-10-18(5-2)6-3/h7-9,17H,4-6,10-12H2,1-3H3. The van der Waals surface area contributed by atoms with E-state index in [1.807, 2.05) is 6.07 Å². The summed E-state index contributed by atoms with van der Waals surface area (Å²) in [5.74, 6) is 0.835. The van der Waals surface area contributed by atoms with Crippen LogP contribution >= 0.6 is 11.8 Å². The molecule has 0 unspecified atom stereocenters. The molecule has 0 radical (unpaired) electrons. The third-order valence-electron chi connectivity index (χ3n) is 3.16. The maximum absolute atomic E-state index is 13.9. The molecule has 0 atom stereocenters. The van der Waals surface area contributed by atoms with Gasteiger partial charge in [-0.2, -0.15) is 0 Å². The van der Waals surface area contributed by atoms with Gasteiger partial charge < -0.3 is 10.2 Å². The van der Waals surface area contributed by atoms with Crippen LogP contribution in [0.25, 0.3) is 0 Å². The van der Waals surface area contributed by atoms with Gasteiger partial charge in [-0.15, -0.1) is 11.8 Å². The number of nitrogens with one attached hydrogen (secondary N) is 1. The van der Waals surface area contributed by atoms with Crippen LogP contribution in [0.4, 0.5) is 4.39 Å². The van der Waals surface area contributed by atoms with Crippen LogP contribution in [0.5, 0.6) is 0 Å². The highest BCUT2D eigenvalue weighted by Gasteiger charge is 2.09. The molecule has 4 heteroatoms. The minimum Gasteiger partial charge on any atom is -0.313 e. The molecule has 0 aliphatic rings. The highest BCUT2D eigenvalue weighted by molar-refractivity contribution is 7.99. The van der Waals surface area contributed by atoms with Crippen LogP contribution in [0.15, 0.2) is 23.1 Å². The lowest BCUT2D eigenvalue weighted by atomic mass is 10.2. The lowest BCUT2D eigenvalue weighted by Gasteiger charge is -2.18. The van der Waals surface area contributed by atoms with Gasteiger partial charge in [0.25, 0.3) is 0 Å². The van der Waals surface area contributed by atoms with Gasteiger partial charge in [0.1, 0.15) is 5.82 Å². The number of hydrogen-bond acceptors (Lipinski definition) is 3. The van der Waals surface area contributed by atoms with Crippen molar-refractivity contribution in [3.8, 4) is 0 Å². The van der Waals surface area contributed by atoms with E-state index < -0.39 is 0 Å². The van der Waals surface area contributed by atoms with Crippen LogP contribution in [-0.4, -0.2) is 36.8 Å². The smallest absolute Gasteiger partial charge is 0.137 e. The van der Waals surface area contributed by atoms with E-state index in [9.17, 15) is 4.39 Å². The van der Waals surface area contributed by atoms with Crippen molar-refractivity contribution in [2.24, 2.45) is 0 Å². The third-order valence-corrected chi connectivity index (χ3v) is 4.29. The van der Waals surface area contributed by atoms with E-state index in [-0.39, 0.29) is 5.82 Å². The summed E-state index contributed by atoms with van der Waals surface area (Å²) in [6.45, 7) is 11.1. The number of halogens is 1. The van der Waals surface area contributed by atoms with Crippen molar-refractivity contribution < 1.29 is 4.39 Å². The Bertz CT molecular complexity index is 367. The molecular weight excluding hydrogens is 259 g/mol. The Morgan fingerprint density at radius 2 is 1.95 bits per heavy atom. The lowest BCUT2D eigenvalue weighted by Crippen LogP contribution is -2.25. The second-order valence-corrected chi connectivity index (χ2v) is 5.49. The molecule has 1 rings (SSSR count). The fraction of sp³-hybridized carbons (Fsp3) is 0.600. The molecule has 0 aliphatic carbocycles. The van der Waals surface area contributed by atoms with E-state index in [4.69, 9.17) is 0 Å². The minimum atomic E-state index is -0.0973.